The van der Waals surface area contributed by atoms with E-state index in [9.17, 15) is 0 Å². The van der Waals surface area contributed by atoms with Crippen molar-refractivity contribution >= 4 is 5.57 Å². The quantitative estimate of drug-likeness (QED) is 0.619. The minimum absolute atomic E-state index is 0.904. The summed E-state index contributed by atoms with van der Waals surface area (Å²) in [6.45, 7) is 5.77. The Kier molecular flexibility index (Phi) is 7.05. The molecule has 1 aromatic rings. The largest absolute Gasteiger partial charge is 0.450 e. The lowest BCUT2D eigenvalue weighted by molar-refractivity contribution is 0.372. The average Bonchev–Trinajstić information content (AvgIpc) is 2.52. The zero-order valence-electron chi connectivity index (χ0n) is 12.6. The van der Waals surface area contributed by atoms with Gasteiger partial charge in [0.15, 0.2) is 0 Å². The summed E-state index contributed by atoms with van der Waals surface area (Å²) < 4.78 is 9.43. The predicted molar refractivity (Wildman–Crippen MR) is 87.0 cm³/mol. The van der Waals surface area contributed by atoms with Gasteiger partial charge >= 0.3 is 0 Å². The fourth-order valence-corrected chi connectivity index (χ4v) is 1.53. The molecule has 0 bridgehead atoms. The van der Waals surface area contributed by atoms with Crippen molar-refractivity contribution in [1.82, 2.24) is 0 Å². The van der Waals surface area contributed by atoms with Gasteiger partial charge in [0.05, 0.1) is 14.2 Å². The SMILES string of the molecule is C=C/C(=C\C=C(/C)C#COC)c1ccc(C#COC)cc1. The molecule has 0 aliphatic heterocycles. The summed E-state index contributed by atoms with van der Waals surface area (Å²) in [6.07, 6.45) is 10.8. The Morgan fingerprint density at radius 2 is 1.71 bits per heavy atom. The summed E-state index contributed by atoms with van der Waals surface area (Å²) in [4.78, 5) is 0. The number of methoxy groups -OCH3 is 2. The second-order valence-electron chi connectivity index (χ2n) is 4.12. The smallest absolute Gasteiger partial charge is 0.115 e. The molecule has 0 atom stereocenters. The van der Waals surface area contributed by atoms with Crippen molar-refractivity contribution in [2.24, 2.45) is 0 Å². The van der Waals surface area contributed by atoms with Crippen LogP contribution in [0, 0.1) is 24.1 Å². The fourth-order valence-electron chi connectivity index (χ4n) is 1.53. The Labute approximate surface area is 126 Å². The third-order valence-corrected chi connectivity index (χ3v) is 2.60. The summed E-state index contributed by atoms with van der Waals surface area (Å²) in [5.41, 5.74) is 3.90. The summed E-state index contributed by atoms with van der Waals surface area (Å²) in [5, 5.41) is 0. The van der Waals surface area contributed by atoms with E-state index >= 15 is 0 Å². The second-order valence-corrected chi connectivity index (χ2v) is 4.12. The number of benzene rings is 1. The van der Waals surface area contributed by atoms with Crippen LogP contribution < -0.4 is 0 Å². The molecule has 0 heterocycles. The molecule has 0 saturated carbocycles. The van der Waals surface area contributed by atoms with Gasteiger partial charge in [-0.3, -0.25) is 0 Å². The topological polar surface area (TPSA) is 18.5 Å². The zero-order chi connectivity index (χ0) is 15.5. The molecule has 1 rings (SSSR count). The molecule has 0 fully saturated rings. The highest BCUT2D eigenvalue weighted by Gasteiger charge is 1.96. The van der Waals surface area contributed by atoms with Gasteiger partial charge in [0.25, 0.3) is 0 Å². The van der Waals surface area contributed by atoms with Crippen molar-refractivity contribution in [3.63, 3.8) is 0 Å². The van der Waals surface area contributed by atoms with Crippen molar-refractivity contribution in [2.45, 2.75) is 6.92 Å². The second kappa shape index (κ2) is 9.13. The van der Waals surface area contributed by atoms with E-state index in [1.807, 2.05) is 49.4 Å². The average molecular weight is 278 g/mol. The van der Waals surface area contributed by atoms with Gasteiger partial charge in [-0.25, -0.2) is 0 Å². The first-order valence-electron chi connectivity index (χ1n) is 6.40. The Hall–Kier alpha value is -2.84. The Balaban J connectivity index is 2.97. The maximum Gasteiger partial charge on any atom is 0.115 e. The lowest BCUT2D eigenvalue weighted by Gasteiger charge is -2.01. The molecule has 2 heteroatoms. The lowest BCUT2D eigenvalue weighted by Crippen LogP contribution is -1.82. The van der Waals surface area contributed by atoms with Crippen LogP contribution in [0.15, 0.2) is 54.6 Å². The summed E-state index contributed by atoms with van der Waals surface area (Å²) >= 11 is 0. The highest BCUT2D eigenvalue weighted by molar-refractivity contribution is 5.75. The van der Waals surface area contributed by atoms with Crippen LogP contribution in [-0.2, 0) is 9.47 Å². The van der Waals surface area contributed by atoms with Crippen LogP contribution in [0.4, 0.5) is 0 Å². The Bertz CT molecular complexity index is 653. The molecule has 21 heavy (non-hydrogen) atoms. The first-order chi connectivity index (χ1) is 10.2. The Morgan fingerprint density at radius 1 is 1.05 bits per heavy atom. The van der Waals surface area contributed by atoms with Gasteiger partial charge in [-0.15, -0.1) is 0 Å². The van der Waals surface area contributed by atoms with Crippen LogP contribution in [-0.4, -0.2) is 14.2 Å². The lowest BCUT2D eigenvalue weighted by atomic mass is 10.0. The van der Waals surface area contributed by atoms with E-state index < -0.39 is 0 Å². The number of hydrogen-bond acceptors (Lipinski definition) is 2. The number of hydrogen-bond donors (Lipinski definition) is 0. The van der Waals surface area contributed by atoms with E-state index in [0.717, 1.165) is 22.3 Å². The van der Waals surface area contributed by atoms with E-state index in [-0.39, 0.29) is 0 Å². The standard InChI is InChI=1S/C19H18O2/c1-5-18(9-6-16(2)12-14-20-3)19-10-7-17(8-11-19)13-15-21-4/h5-11H,1H2,2-4H3/b16-6+,18-9+. The highest BCUT2D eigenvalue weighted by Crippen LogP contribution is 2.16. The van der Waals surface area contributed by atoms with Gasteiger partial charge in [-0.05, 0) is 42.0 Å². The van der Waals surface area contributed by atoms with Crippen molar-refractivity contribution in [1.29, 1.82) is 0 Å². The van der Waals surface area contributed by atoms with Gasteiger partial charge < -0.3 is 9.47 Å². The third kappa shape index (κ3) is 5.76. The van der Waals surface area contributed by atoms with E-state index in [4.69, 9.17) is 9.47 Å². The summed E-state index contributed by atoms with van der Waals surface area (Å²) in [5.74, 6) is 5.76. The number of allylic oxidation sites excluding steroid dienone is 5. The molecule has 0 saturated heterocycles. The van der Waals surface area contributed by atoms with Gasteiger partial charge in [0.1, 0.15) is 12.2 Å². The minimum Gasteiger partial charge on any atom is -0.450 e. The molecule has 0 spiro atoms. The Morgan fingerprint density at radius 3 is 2.29 bits per heavy atom. The van der Waals surface area contributed by atoms with E-state index in [1.54, 1.807) is 14.2 Å². The molecular formula is C19H18O2. The predicted octanol–water partition coefficient (Wildman–Crippen LogP) is 3.77. The molecule has 0 aromatic heterocycles. The molecule has 0 unspecified atom stereocenters. The van der Waals surface area contributed by atoms with Crippen LogP contribution in [0.5, 0.6) is 0 Å². The maximum absolute atomic E-state index is 4.72. The first kappa shape index (κ1) is 16.2. The van der Waals surface area contributed by atoms with Crippen molar-refractivity contribution < 1.29 is 9.47 Å². The normalized spacial score (nSPS) is 10.6. The monoisotopic (exact) mass is 278 g/mol. The highest BCUT2D eigenvalue weighted by atomic mass is 16.5. The zero-order valence-corrected chi connectivity index (χ0v) is 12.6. The van der Waals surface area contributed by atoms with Gasteiger partial charge in [0, 0.05) is 11.1 Å². The molecule has 0 radical (unpaired) electrons. The third-order valence-electron chi connectivity index (χ3n) is 2.60. The van der Waals surface area contributed by atoms with E-state index in [1.165, 1.54) is 0 Å². The molecule has 0 aliphatic carbocycles. The fraction of sp³-hybridized carbons (Fsp3) is 0.158. The maximum atomic E-state index is 4.72. The van der Waals surface area contributed by atoms with Gasteiger partial charge in [-0.2, -0.15) is 0 Å². The van der Waals surface area contributed by atoms with Crippen molar-refractivity contribution in [2.75, 3.05) is 14.2 Å². The van der Waals surface area contributed by atoms with Crippen LogP contribution in [0.2, 0.25) is 0 Å². The van der Waals surface area contributed by atoms with Crippen LogP contribution in [0.25, 0.3) is 5.57 Å². The van der Waals surface area contributed by atoms with Gasteiger partial charge in [0.2, 0.25) is 0 Å². The number of ether oxygens (including phenoxy) is 2. The molecule has 0 aliphatic rings. The van der Waals surface area contributed by atoms with Crippen molar-refractivity contribution in [3.8, 4) is 24.1 Å². The molecule has 2 nitrogen and oxygen atoms in total. The van der Waals surface area contributed by atoms with E-state index in [0.29, 0.717) is 0 Å². The van der Waals surface area contributed by atoms with Crippen LogP contribution in [0.3, 0.4) is 0 Å². The van der Waals surface area contributed by atoms with Crippen LogP contribution in [0.1, 0.15) is 18.1 Å². The minimum atomic E-state index is 0.904. The number of rotatable bonds is 3. The molecule has 0 N–H and O–H groups in total. The molecule has 106 valence electrons. The molecular weight excluding hydrogens is 260 g/mol. The first-order valence-corrected chi connectivity index (χ1v) is 6.40. The van der Waals surface area contributed by atoms with E-state index in [2.05, 4.69) is 30.6 Å². The summed E-state index contributed by atoms with van der Waals surface area (Å²) in [6, 6.07) is 7.88. The van der Waals surface area contributed by atoms with Gasteiger partial charge in [-0.1, -0.05) is 36.9 Å². The molecule has 1 aromatic carbocycles. The summed E-state index contributed by atoms with van der Waals surface area (Å²) in [7, 11) is 3.08. The molecule has 0 amide bonds. The van der Waals surface area contributed by atoms with Crippen molar-refractivity contribution in [3.05, 3.63) is 65.8 Å². The van der Waals surface area contributed by atoms with Crippen LogP contribution >= 0.6 is 0 Å².